The molecule has 1 aliphatic heterocycles. The highest BCUT2D eigenvalue weighted by atomic mass is 16.5. The van der Waals surface area contributed by atoms with Crippen molar-refractivity contribution in [3.63, 3.8) is 0 Å². The van der Waals surface area contributed by atoms with Gasteiger partial charge >= 0.3 is 0 Å². The average Bonchev–Trinajstić information content (AvgIpc) is 2.96. The van der Waals surface area contributed by atoms with Crippen molar-refractivity contribution in [3.05, 3.63) is 117 Å². The second kappa shape index (κ2) is 11.6. The van der Waals surface area contributed by atoms with E-state index in [0.717, 1.165) is 56.0 Å². The third-order valence-corrected chi connectivity index (χ3v) is 8.22. The maximum absolute atomic E-state index is 11.4. The lowest BCUT2D eigenvalue weighted by Gasteiger charge is -2.42. The van der Waals surface area contributed by atoms with Gasteiger partial charge in [-0.2, -0.15) is 0 Å². The molecule has 5 heteroatoms. The molecule has 1 aliphatic rings. The molecule has 1 heterocycles. The Morgan fingerprint density at radius 1 is 0.683 bits per heavy atom. The van der Waals surface area contributed by atoms with Gasteiger partial charge in [-0.05, 0) is 64.3 Å². The fourth-order valence-electron chi connectivity index (χ4n) is 6.20. The summed E-state index contributed by atoms with van der Waals surface area (Å²) in [5.41, 5.74) is 6.55. The summed E-state index contributed by atoms with van der Waals surface area (Å²) < 4.78 is 17.5. The Labute approximate surface area is 243 Å². The standard InChI is InChI=1S/C36H40O5/c1-22(2)28-19-26(17-24(34(28)37)15-16-39-5)36(27-18-25(21-40-6)35(38)29(20-27)23(3)4)30-11-7-9-13-32(30)41-33-14-10-8-12-31(33)36/h7-14,17-20,22-23,37-38H,15-16,21H2,1-6H3. The van der Waals surface area contributed by atoms with Crippen LogP contribution in [0, 0.1) is 0 Å². The molecule has 0 saturated heterocycles. The predicted molar refractivity (Wildman–Crippen MR) is 163 cm³/mol. The highest BCUT2D eigenvalue weighted by Crippen LogP contribution is 2.57. The second-order valence-corrected chi connectivity index (χ2v) is 11.5. The van der Waals surface area contributed by atoms with Crippen LogP contribution in [0.4, 0.5) is 0 Å². The van der Waals surface area contributed by atoms with Gasteiger partial charge in [-0.15, -0.1) is 0 Å². The smallest absolute Gasteiger partial charge is 0.132 e. The largest absolute Gasteiger partial charge is 0.507 e. The number of benzene rings is 4. The first-order chi connectivity index (χ1) is 19.7. The zero-order chi connectivity index (χ0) is 29.3. The predicted octanol–water partition coefficient (Wildman–Crippen LogP) is 8.17. The molecular formula is C36H40O5. The van der Waals surface area contributed by atoms with Crippen LogP contribution in [0.3, 0.4) is 0 Å². The summed E-state index contributed by atoms with van der Waals surface area (Å²) in [6.45, 7) is 9.16. The van der Waals surface area contributed by atoms with Gasteiger partial charge in [0.15, 0.2) is 0 Å². The molecule has 0 aromatic heterocycles. The van der Waals surface area contributed by atoms with Crippen LogP contribution < -0.4 is 4.74 Å². The Kier molecular flexibility index (Phi) is 8.12. The Balaban J connectivity index is 1.99. The van der Waals surface area contributed by atoms with E-state index in [-0.39, 0.29) is 24.2 Å². The fourth-order valence-corrected chi connectivity index (χ4v) is 6.20. The van der Waals surface area contributed by atoms with Gasteiger partial charge in [0.05, 0.1) is 18.6 Å². The lowest BCUT2D eigenvalue weighted by atomic mass is 9.62. The van der Waals surface area contributed by atoms with Gasteiger partial charge in [0, 0.05) is 30.9 Å². The number of hydrogen-bond acceptors (Lipinski definition) is 5. The van der Waals surface area contributed by atoms with Crippen LogP contribution in [-0.4, -0.2) is 31.0 Å². The number of phenolic OH excluding ortho intramolecular Hbond substituents is 2. The van der Waals surface area contributed by atoms with Crippen LogP contribution in [0.2, 0.25) is 0 Å². The lowest BCUT2D eigenvalue weighted by Crippen LogP contribution is -2.35. The monoisotopic (exact) mass is 552 g/mol. The molecule has 0 unspecified atom stereocenters. The van der Waals surface area contributed by atoms with E-state index >= 15 is 0 Å². The highest BCUT2D eigenvalue weighted by molar-refractivity contribution is 5.71. The van der Waals surface area contributed by atoms with Gasteiger partial charge in [0.2, 0.25) is 0 Å². The van der Waals surface area contributed by atoms with Gasteiger partial charge in [-0.1, -0.05) is 82.3 Å². The molecule has 41 heavy (non-hydrogen) atoms. The fraction of sp³-hybridized carbons (Fsp3) is 0.333. The molecule has 0 atom stereocenters. The molecule has 4 aromatic carbocycles. The summed E-state index contributed by atoms with van der Waals surface area (Å²) >= 11 is 0. The van der Waals surface area contributed by atoms with Crippen molar-refractivity contribution < 1.29 is 24.4 Å². The van der Waals surface area contributed by atoms with Crippen LogP contribution in [-0.2, 0) is 27.9 Å². The van der Waals surface area contributed by atoms with E-state index in [1.54, 1.807) is 14.2 Å². The molecule has 214 valence electrons. The molecule has 0 spiro atoms. The molecule has 0 radical (unpaired) electrons. The third kappa shape index (κ3) is 4.87. The normalized spacial score (nSPS) is 13.7. The van der Waals surface area contributed by atoms with Crippen LogP contribution in [0.1, 0.15) is 84.0 Å². The van der Waals surface area contributed by atoms with Crippen molar-refractivity contribution >= 4 is 0 Å². The summed E-state index contributed by atoms with van der Waals surface area (Å²) in [5.74, 6) is 2.31. The number of hydrogen-bond donors (Lipinski definition) is 2. The second-order valence-electron chi connectivity index (χ2n) is 11.5. The van der Waals surface area contributed by atoms with Crippen molar-refractivity contribution in [1.82, 2.24) is 0 Å². The molecule has 4 aromatic rings. The van der Waals surface area contributed by atoms with E-state index in [1.807, 2.05) is 36.4 Å². The first-order valence-electron chi connectivity index (χ1n) is 14.3. The highest BCUT2D eigenvalue weighted by Gasteiger charge is 2.46. The minimum absolute atomic E-state index is 0.0799. The first-order valence-corrected chi connectivity index (χ1v) is 14.3. The van der Waals surface area contributed by atoms with Gasteiger partial charge in [-0.3, -0.25) is 0 Å². The summed E-state index contributed by atoms with van der Waals surface area (Å²) in [5, 5.41) is 22.7. The number of fused-ring (bicyclic) bond motifs is 2. The van der Waals surface area contributed by atoms with Crippen LogP contribution in [0.5, 0.6) is 23.0 Å². The van der Waals surface area contributed by atoms with Gasteiger partial charge in [0.25, 0.3) is 0 Å². The van der Waals surface area contributed by atoms with Crippen LogP contribution in [0.15, 0.2) is 72.8 Å². The summed E-state index contributed by atoms with van der Waals surface area (Å²) in [4.78, 5) is 0. The zero-order valence-electron chi connectivity index (χ0n) is 24.8. The zero-order valence-corrected chi connectivity index (χ0v) is 24.8. The van der Waals surface area contributed by atoms with E-state index in [1.165, 1.54) is 0 Å². The van der Waals surface area contributed by atoms with E-state index in [0.29, 0.717) is 18.8 Å². The summed E-state index contributed by atoms with van der Waals surface area (Å²) in [6.07, 6.45) is 0.577. The van der Waals surface area contributed by atoms with E-state index in [4.69, 9.17) is 14.2 Å². The Bertz CT molecular complexity index is 1510. The Hall–Kier alpha value is -3.80. The number of para-hydroxylation sites is 2. The summed E-state index contributed by atoms with van der Waals surface area (Å²) in [6, 6.07) is 24.8. The summed E-state index contributed by atoms with van der Waals surface area (Å²) in [7, 11) is 3.32. The van der Waals surface area contributed by atoms with Crippen LogP contribution in [0.25, 0.3) is 0 Å². The van der Waals surface area contributed by atoms with Crippen molar-refractivity contribution in [2.45, 2.75) is 58.0 Å². The molecule has 5 nitrogen and oxygen atoms in total. The van der Waals surface area contributed by atoms with E-state index < -0.39 is 5.41 Å². The molecule has 2 N–H and O–H groups in total. The maximum Gasteiger partial charge on any atom is 0.132 e. The van der Waals surface area contributed by atoms with Crippen molar-refractivity contribution in [1.29, 1.82) is 0 Å². The van der Waals surface area contributed by atoms with Crippen LogP contribution >= 0.6 is 0 Å². The molecule has 0 aliphatic carbocycles. The third-order valence-electron chi connectivity index (χ3n) is 8.22. The van der Waals surface area contributed by atoms with Crippen molar-refractivity contribution in [3.8, 4) is 23.0 Å². The molecule has 0 fully saturated rings. The first kappa shape index (κ1) is 28.7. The molecular weight excluding hydrogens is 512 g/mol. The van der Waals surface area contributed by atoms with Crippen molar-refractivity contribution in [2.75, 3.05) is 20.8 Å². The quantitative estimate of drug-likeness (QED) is 0.193. The molecule has 0 saturated carbocycles. The van der Waals surface area contributed by atoms with E-state index in [2.05, 4.69) is 64.1 Å². The minimum Gasteiger partial charge on any atom is -0.507 e. The van der Waals surface area contributed by atoms with Gasteiger partial charge in [-0.25, -0.2) is 0 Å². The average molecular weight is 553 g/mol. The number of methoxy groups -OCH3 is 2. The SMILES string of the molecule is COCCc1cc(C2(c3cc(COC)c(O)c(C(C)C)c3)c3ccccc3Oc3ccccc32)cc(C(C)C)c1O. The number of aromatic hydroxyl groups is 2. The molecule has 0 bridgehead atoms. The number of ether oxygens (including phenoxy) is 3. The topological polar surface area (TPSA) is 68.2 Å². The molecule has 5 rings (SSSR count). The van der Waals surface area contributed by atoms with Gasteiger partial charge in [0.1, 0.15) is 23.0 Å². The van der Waals surface area contributed by atoms with E-state index in [9.17, 15) is 10.2 Å². The Morgan fingerprint density at radius 3 is 1.66 bits per heavy atom. The molecule has 0 amide bonds. The maximum atomic E-state index is 11.4. The minimum atomic E-state index is -0.801. The van der Waals surface area contributed by atoms with Crippen molar-refractivity contribution in [2.24, 2.45) is 0 Å². The number of rotatable bonds is 9. The lowest BCUT2D eigenvalue weighted by molar-refractivity contribution is 0.181. The number of phenols is 2. The Morgan fingerprint density at radius 2 is 1.17 bits per heavy atom. The van der Waals surface area contributed by atoms with Gasteiger partial charge < -0.3 is 24.4 Å².